The van der Waals surface area contributed by atoms with Gasteiger partial charge >= 0.3 is 0 Å². The Bertz CT molecular complexity index is 252. The van der Waals surface area contributed by atoms with E-state index in [0.717, 1.165) is 19.2 Å². The second-order valence-corrected chi connectivity index (χ2v) is 5.88. The van der Waals surface area contributed by atoms with Crippen molar-refractivity contribution in [1.29, 1.82) is 0 Å². The third-order valence-corrected chi connectivity index (χ3v) is 4.65. The Labute approximate surface area is 98.5 Å². The van der Waals surface area contributed by atoms with Crippen molar-refractivity contribution in [1.82, 2.24) is 10.2 Å². The van der Waals surface area contributed by atoms with Gasteiger partial charge in [-0.15, -0.1) is 0 Å². The highest BCUT2D eigenvalue weighted by Crippen LogP contribution is 2.43. The zero-order valence-electron chi connectivity index (χ0n) is 10.4. The number of ether oxygens (including phenoxy) is 1. The maximum absolute atomic E-state index is 6.01. The molecule has 1 aliphatic carbocycles. The minimum atomic E-state index is 0.303. The zero-order valence-corrected chi connectivity index (χ0v) is 10.4. The summed E-state index contributed by atoms with van der Waals surface area (Å²) < 4.78 is 6.01. The highest BCUT2D eigenvalue weighted by atomic mass is 16.5. The van der Waals surface area contributed by atoms with E-state index in [4.69, 9.17) is 4.74 Å². The van der Waals surface area contributed by atoms with Gasteiger partial charge in [-0.3, -0.25) is 4.90 Å². The Morgan fingerprint density at radius 2 is 2.25 bits per heavy atom. The van der Waals surface area contributed by atoms with Crippen LogP contribution < -0.4 is 5.32 Å². The summed E-state index contributed by atoms with van der Waals surface area (Å²) in [6.07, 6.45) is 6.54. The minimum Gasteiger partial charge on any atom is -0.375 e. The van der Waals surface area contributed by atoms with Crippen LogP contribution in [0.25, 0.3) is 0 Å². The number of piperazine rings is 1. The van der Waals surface area contributed by atoms with E-state index >= 15 is 0 Å². The summed E-state index contributed by atoms with van der Waals surface area (Å²) in [6.45, 7) is 6.89. The topological polar surface area (TPSA) is 24.5 Å². The van der Waals surface area contributed by atoms with Crippen molar-refractivity contribution >= 4 is 0 Å². The molecule has 0 aromatic heterocycles. The van der Waals surface area contributed by atoms with Crippen molar-refractivity contribution in [2.75, 3.05) is 26.2 Å². The highest BCUT2D eigenvalue weighted by Gasteiger charge is 2.44. The number of hydrogen-bond acceptors (Lipinski definition) is 3. The molecule has 2 unspecified atom stereocenters. The molecule has 3 heteroatoms. The largest absolute Gasteiger partial charge is 0.375 e. The molecule has 2 heterocycles. The van der Waals surface area contributed by atoms with Gasteiger partial charge in [0.1, 0.15) is 0 Å². The summed E-state index contributed by atoms with van der Waals surface area (Å²) in [5.41, 5.74) is 0.303. The van der Waals surface area contributed by atoms with Crippen LogP contribution in [-0.4, -0.2) is 48.8 Å². The maximum atomic E-state index is 6.01. The summed E-state index contributed by atoms with van der Waals surface area (Å²) in [5.74, 6) is 0. The standard InChI is InChI=1S/C13H24N2O/c1-11-10-15(7-6-14-11)12-3-8-16-13(9-12)4-2-5-13/h11-12,14H,2-10H2,1H3. The van der Waals surface area contributed by atoms with E-state index in [1.165, 1.54) is 45.2 Å². The van der Waals surface area contributed by atoms with Crippen LogP contribution in [0.15, 0.2) is 0 Å². The summed E-state index contributed by atoms with van der Waals surface area (Å²) >= 11 is 0. The average Bonchev–Trinajstić information content (AvgIpc) is 2.27. The van der Waals surface area contributed by atoms with Gasteiger partial charge in [0.05, 0.1) is 5.60 Å². The van der Waals surface area contributed by atoms with Crippen LogP contribution in [0.5, 0.6) is 0 Å². The Morgan fingerprint density at radius 3 is 2.94 bits per heavy atom. The molecule has 92 valence electrons. The summed E-state index contributed by atoms with van der Waals surface area (Å²) in [6, 6.07) is 1.45. The fraction of sp³-hybridized carbons (Fsp3) is 1.00. The van der Waals surface area contributed by atoms with Crippen LogP contribution in [0.3, 0.4) is 0 Å². The third-order valence-electron chi connectivity index (χ3n) is 4.65. The van der Waals surface area contributed by atoms with Gasteiger partial charge in [0.15, 0.2) is 0 Å². The molecule has 0 aromatic carbocycles. The van der Waals surface area contributed by atoms with Crippen molar-refractivity contribution < 1.29 is 4.74 Å². The molecule has 0 aromatic rings. The quantitative estimate of drug-likeness (QED) is 0.728. The van der Waals surface area contributed by atoms with E-state index in [1.54, 1.807) is 0 Å². The van der Waals surface area contributed by atoms with Gasteiger partial charge in [0, 0.05) is 38.3 Å². The fourth-order valence-corrected chi connectivity index (χ4v) is 3.53. The molecule has 3 nitrogen and oxygen atoms in total. The van der Waals surface area contributed by atoms with Crippen LogP contribution in [0.2, 0.25) is 0 Å². The van der Waals surface area contributed by atoms with Crippen LogP contribution in [0.4, 0.5) is 0 Å². The van der Waals surface area contributed by atoms with Gasteiger partial charge < -0.3 is 10.1 Å². The molecule has 2 aliphatic heterocycles. The van der Waals surface area contributed by atoms with Gasteiger partial charge in [-0.2, -0.15) is 0 Å². The second kappa shape index (κ2) is 4.28. The SMILES string of the molecule is CC1CN(C2CCOC3(CCC3)C2)CCN1. The van der Waals surface area contributed by atoms with E-state index in [1.807, 2.05) is 0 Å². The molecule has 2 saturated heterocycles. The lowest BCUT2D eigenvalue weighted by atomic mass is 9.73. The molecule has 1 spiro atoms. The predicted molar refractivity (Wildman–Crippen MR) is 64.6 cm³/mol. The summed E-state index contributed by atoms with van der Waals surface area (Å²) in [4.78, 5) is 2.70. The Balaban J connectivity index is 1.61. The van der Waals surface area contributed by atoms with E-state index in [0.29, 0.717) is 11.6 Å². The summed E-state index contributed by atoms with van der Waals surface area (Å²) in [5, 5.41) is 3.53. The molecule has 0 amide bonds. The zero-order chi connectivity index (χ0) is 11.0. The second-order valence-electron chi connectivity index (χ2n) is 5.88. The van der Waals surface area contributed by atoms with Crippen LogP contribution in [0.1, 0.15) is 39.0 Å². The minimum absolute atomic E-state index is 0.303. The van der Waals surface area contributed by atoms with E-state index < -0.39 is 0 Å². The third kappa shape index (κ3) is 2.01. The van der Waals surface area contributed by atoms with Crippen molar-refractivity contribution in [3.05, 3.63) is 0 Å². The first-order valence-corrected chi connectivity index (χ1v) is 6.89. The molecule has 1 N–H and O–H groups in total. The van der Waals surface area contributed by atoms with Crippen molar-refractivity contribution in [3.8, 4) is 0 Å². The fourth-order valence-electron chi connectivity index (χ4n) is 3.53. The first kappa shape index (κ1) is 11.0. The first-order valence-electron chi connectivity index (χ1n) is 6.89. The van der Waals surface area contributed by atoms with Gasteiger partial charge in [-0.25, -0.2) is 0 Å². The molecule has 3 fully saturated rings. The highest BCUT2D eigenvalue weighted by molar-refractivity contribution is 4.97. The molecule has 3 aliphatic rings. The molecule has 3 rings (SSSR count). The smallest absolute Gasteiger partial charge is 0.0697 e. The van der Waals surface area contributed by atoms with Crippen molar-refractivity contribution in [2.45, 2.75) is 56.7 Å². The van der Waals surface area contributed by atoms with E-state index in [2.05, 4.69) is 17.1 Å². The van der Waals surface area contributed by atoms with Crippen molar-refractivity contribution in [3.63, 3.8) is 0 Å². The van der Waals surface area contributed by atoms with Gasteiger partial charge in [-0.1, -0.05) is 0 Å². The Kier molecular flexibility index (Phi) is 2.94. The van der Waals surface area contributed by atoms with Crippen LogP contribution in [-0.2, 0) is 4.74 Å². The lowest BCUT2D eigenvalue weighted by Gasteiger charge is -2.50. The van der Waals surface area contributed by atoms with Crippen LogP contribution in [0, 0.1) is 0 Å². The lowest BCUT2D eigenvalue weighted by molar-refractivity contribution is -0.150. The number of hydrogen-bond donors (Lipinski definition) is 1. The normalized spacial score (nSPS) is 39.6. The van der Waals surface area contributed by atoms with E-state index in [-0.39, 0.29) is 0 Å². The molecule has 1 saturated carbocycles. The van der Waals surface area contributed by atoms with Crippen molar-refractivity contribution in [2.24, 2.45) is 0 Å². The number of nitrogens with zero attached hydrogens (tertiary/aromatic N) is 1. The Morgan fingerprint density at radius 1 is 1.38 bits per heavy atom. The summed E-state index contributed by atoms with van der Waals surface area (Å²) in [7, 11) is 0. The van der Waals surface area contributed by atoms with Gasteiger partial charge in [0.2, 0.25) is 0 Å². The van der Waals surface area contributed by atoms with Gasteiger partial charge in [-0.05, 0) is 39.0 Å². The monoisotopic (exact) mass is 224 g/mol. The van der Waals surface area contributed by atoms with E-state index in [9.17, 15) is 0 Å². The predicted octanol–water partition coefficient (Wildman–Crippen LogP) is 1.38. The number of rotatable bonds is 1. The molecule has 0 radical (unpaired) electrons. The number of nitrogens with one attached hydrogen (secondary N) is 1. The molecule has 0 bridgehead atoms. The van der Waals surface area contributed by atoms with Gasteiger partial charge in [0.25, 0.3) is 0 Å². The maximum Gasteiger partial charge on any atom is 0.0697 e. The average molecular weight is 224 g/mol. The van der Waals surface area contributed by atoms with Crippen LogP contribution >= 0.6 is 0 Å². The Hall–Kier alpha value is -0.120. The lowest BCUT2D eigenvalue weighted by Crippen LogP contribution is -2.57. The molecule has 2 atom stereocenters. The molecule has 16 heavy (non-hydrogen) atoms. The molecular weight excluding hydrogens is 200 g/mol. The molecular formula is C13H24N2O. The first-order chi connectivity index (χ1) is 7.77.